The zero-order valence-corrected chi connectivity index (χ0v) is 17.3. The molecule has 0 amide bonds. The quantitative estimate of drug-likeness (QED) is 0.272. The molecule has 2 aliphatic heterocycles. The maximum Gasteiger partial charge on any atom is 0.417 e. The fraction of sp³-hybridized carbons (Fsp3) is 0.647. The Balaban J connectivity index is 0.00000261. The Morgan fingerprint density at radius 3 is 2.74 bits per heavy atom. The number of pyridine rings is 1. The van der Waals surface area contributed by atoms with Gasteiger partial charge in [0.05, 0.1) is 30.4 Å². The van der Waals surface area contributed by atoms with Crippen LogP contribution in [0.2, 0.25) is 0 Å². The summed E-state index contributed by atoms with van der Waals surface area (Å²) in [6.45, 7) is 3.30. The van der Waals surface area contributed by atoms with Gasteiger partial charge < -0.3 is 20.1 Å². The van der Waals surface area contributed by atoms with Gasteiger partial charge in [-0.1, -0.05) is 0 Å². The molecule has 0 aromatic carbocycles. The summed E-state index contributed by atoms with van der Waals surface area (Å²) in [7, 11) is 0. The van der Waals surface area contributed by atoms with Gasteiger partial charge in [-0.25, -0.2) is 9.98 Å². The molecule has 0 saturated carbocycles. The largest absolute Gasteiger partial charge is 0.476 e. The summed E-state index contributed by atoms with van der Waals surface area (Å²) in [5.74, 6) is 0.838. The van der Waals surface area contributed by atoms with Crippen LogP contribution in [0, 0.1) is 0 Å². The van der Waals surface area contributed by atoms with Crippen molar-refractivity contribution >= 4 is 29.9 Å². The first-order valence-electron chi connectivity index (χ1n) is 8.82. The molecular formula is C17H24F3IN4O2. The number of ether oxygens (including phenoxy) is 2. The van der Waals surface area contributed by atoms with Crippen LogP contribution >= 0.6 is 24.0 Å². The van der Waals surface area contributed by atoms with Crippen molar-refractivity contribution in [2.75, 3.05) is 19.7 Å². The number of nitrogens with one attached hydrogen (secondary N) is 2. The zero-order valence-electron chi connectivity index (χ0n) is 15.0. The van der Waals surface area contributed by atoms with Crippen LogP contribution in [0.15, 0.2) is 23.3 Å². The highest BCUT2D eigenvalue weighted by atomic mass is 127. The van der Waals surface area contributed by atoms with Gasteiger partial charge in [-0.2, -0.15) is 13.2 Å². The first kappa shape index (κ1) is 22.0. The van der Waals surface area contributed by atoms with E-state index in [1.165, 1.54) is 6.07 Å². The Morgan fingerprint density at radius 2 is 2.19 bits per heavy atom. The third-order valence-corrected chi connectivity index (χ3v) is 4.45. The second kappa shape index (κ2) is 9.76. The molecule has 2 N–H and O–H groups in total. The summed E-state index contributed by atoms with van der Waals surface area (Å²) in [6.07, 6.45) is 0.159. The van der Waals surface area contributed by atoms with Crippen LogP contribution in [0.4, 0.5) is 13.2 Å². The normalized spacial score (nSPS) is 24.4. The number of hydrogen-bond donors (Lipinski definition) is 2. The summed E-state index contributed by atoms with van der Waals surface area (Å²) in [4.78, 5) is 8.11. The highest BCUT2D eigenvalue weighted by molar-refractivity contribution is 14.0. The van der Waals surface area contributed by atoms with Gasteiger partial charge in [-0.15, -0.1) is 24.0 Å². The minimum absolute atomic E-state index is 0. The van der Waals surface area contributed by atoms with Crippen LogP contribution in [0.3, 0.4) is 0 Å². The van der Waals surface area contributed by atoms with E-state index >= 15 is 0 Å². The summed E-state index contributed by atoms with van der Waals surface area (Å²) < 4.78 is 48.6. The predicted octanol–water partition coefficient (Wildman–Crippen LogP) is 2.97. The first-order valence-corrected chi connectivity index (χ1v) is 8.82. The molecule has 2 fully saturated rings. The number of halogens is 4. The summed E-state index contributed by atoms with van der Waals surface area (Å²) in [6, 6.07) is 2.43. The smallest absolute Gasteiger partial charge is 0.417 e. The second-order valence-electron chi connectivity index (χ2n) is 6.35. The SMILES string of the molecule is CCNC(=NCCOc1ccc(C(F)(F)F)cn1)NC1CC2CCC1O2.I. The lowest BCUT2D eigenvalue weighted by Gasteiger charge is -2.22. The number of fused-ring (bicyclic) bond motifs is 2. The molecule has 3 unspecified atom stereocenters. The fourth-order valence-electron chi connectivity index (χ4n) is 3.23. The number of aliphatic imine (C=N–C) groups is 1. The monoisotopic (exact) mass is 500 g/mol. The molecule has 152 valence electrons. The van der Waals surface area contributed by atoms with Crippen molar-refractivity contribution in [3.8, 4) is 5.88 Å². The van der Waals surface area contributed by atoms with Gasteiger partial charge in [0.1, 0.15) is 6.61 Å². The second-order valence-corrected chi connectivity index (χ2v) is 6.35. The van der Waals surface area contributed by atoms with Gasteiger partial charge in [0.15, 0.2) is 5.96 Å². The van der Waals surface area contributed by atoms with E-state index in [9.17, 15) is 13.2 Å². The van der Waals surface area contributed by atoms with Gasteiger partial charge in [0.25, 0.3) is 0 Å². The number of rotatable bonds is 6. The molecule has 0 aliphatic carbocycles. The molecule has 0 spiro atoms. The average Bonchev–Trinajstić information content (AvgIpc) is 3.21. The van der Waals surface area contributed by atoms with Gasteiger partial charge in [-0.3, -0.25) is 0 Å². The lowest BCUT2D eigenvalue weighted by molar-refractivity contribution is -0.137. The summed E-state index contributed by atoms with van der Waals surface area (Å²) in [5.41, 5.74) is -0.797. The Kier molecular flexibility index (Phi) is 7.95. The Morgan fingerprint density at radius 1 is 1.37 bits per heavy atom. The highest BCUT2D eigenvalue weighted by Gasteiger charge is 2.41. The topological polar surface area (TPSA) is 67.8 Å². The molecule has 27 heavy (non-hydrogen) atoms. The molecule has 6 nitrogen and oxygen atoms in total. The molecule has 3 atom stereocenters. The van der Waals surface area contributed by atoms with Crippen molar-refractivity contribution < 1.29 is 22.6 Å². The molecule has 3 heterocycles. The molecule has 0 radical (unpaired) electrons. The van der Waals surface area contributed by atoms with Gasteiger partial charge in [-0.05, 0) is 32.3 Å². The maximum absolute atomic E-state index is 12.5. The Bertz CT molecular complexity index is 628. The predicted molar refractivity (Wildman–Crippen MR) is 106 cm³/mol. The minimum atomic E-state index is -4.40. The maximum atomic E-state index is 12.5. The number of guanidine groups is 1. The molecular weight excluding hydrogens is 476 g/mol. The van der Waals surface area contributed by atoms with E-state index < -0.39 is 11.7 Å². The fourth-order valence-corrected chi connectivity index (χ4v) is 3.23. The van der Waals surface area contributed by atoms with E-state index in [0.717, 1.165) is 38.1 Å². The van der Waals surface area contributed by atoms with Crippen LogP contribution in [-0.4, -0.2) is 48.9 Å². The van der Waals surface area contributed by atoms with Crippen LogP contribution in [0.5, 0.6) is 5.88 Å². The van der Waals surface area contributed by atoms with Crippen LogP contribution in [0.25, 0.3) is 0 Å². The molecule has 3 rings (SSSR count). The number of nitrogens with zero attached hydrogens (tertiary/aromatic N) is 2. The van der Waals surface area contributed by atoms with E-state index in [2.05, 4.69) is 20.6 Å². The third kappa shape index (κ3) is 6.09. The van der Waals surface area contributed by atoms with Gasteiger partial charge in [0.2, 0.25) is 5.88 Å². The Labute approximate surface area is 173 Å². The lowest BCUT2D eigenvalue weighted by Crippen LogP contribution is -2.47. The van der Waals surface area contributed by atoms with E-state index in [4.69, 9.17) is 9.47 Å². The van der Waals surface area contributed by atoms with Crippen LogP contribution in [0.1, 0.15) is 31.7 Å². The van der Waals surface area contributed by atoms with Crippen molar-refractivity contribution in [2.45, 2.75) is 50.6 Å². The first-order chi connectivity index (χ1) is 12.5. The summed E-state index contributed by atoms with van der Waals surface area (Å²) >= 11 is 0. The van der Waals surface area contributed by atoms with Crippen molar-refractivity contribution in [2.24, 2.45) is 4.99 Å². The van der Waals surface area contributed by atoms with Crippen molar-refractivity contribution in [3.63, 3.8) is 0 Å². The van der Waals surface area contributed by atoms with Crippen molar-refractivity contribution in [1.82, 2.24) is 15.6 Å². The summed E-state index contributed by atoms with van der Waals surface area (Å²) in [5, 5.41) is 6.57. The molecule has 2 bridgehead atoms. The molecule has 10 heteroatoms. The zero-order chi connectivity index (χ0) is 18.6. The van der Waals surface area contributed by atoms with E-state index in [1.54, 1.807) is 0 Å². The molecule has 2 aliphatic rings. The van der Waals surface area contributed by atoms with E-state index in [1.807, 2.05) is 6.92 Å². The van der Waals surface area contributed by atoms with E-state index in [0.29, 0.717) is 18.6 Å². The van der Waals surface area contributed by atoms with Gasteiger partial charge >= 0.3 is 6.18 Å². The van der Waals surface area contributed by atoms with Crippen LogP contribution < -0.4 is 15.4 Å². The number of alkyl halides is 3. The number of aromatic nitrogens is 1. The highest BCUT2D eigenvalue weighted by Crippen LogP contribution is 2.34. The van der Waals surface area contributed by atoms with Crippen molar-refractivity contribution in [3.05, 3.63) is 23.9 Å². The molecule has 1 aromatic rings. The van der Waals surface area contributed by atoms with Crippen molar-refractivity contribution in [1.29, 1.82) is 0 Å². The molecule has 1 aromatic heterocycles. The third-order valence-electron chi connectivity index (χ3n) is 4.45. The lowest BCUT2D eigenvalue weighted by atomic mass is 9.96. The minimum Gasteiger partial charge on any atom is -0.476 e. The van der Waals surface area contributed by atoms with Crippen LogP contribution in [-0.2, 0) is 10.9 Å². The van der Waals surface area contributed by atoms with E-state index in [-0.39, 0.29) is 48.6 Å². The van der Waals surface area contributed by atoms with Gasteiger partial charge in [0, 0.05) is 18.8 Å². The molecule has 2 saturated heterocycles. The Hall–Kier alpha value is -1.30. The average molecular weight is 500 g/mol. The standard InChI is InChI=1S/C17H23F3N4O2.HI/c1-2-21-16(24-13-9-12-4-5-14(13)26-12)22-7-8-25-15-6-3-11(10-23-15)17(18,19)20;/h3,6,10,12-14H,2,4-5,7-9H2,1H3,(H2,21,22,24);1H. The number of hydrogen-bond acceptors (Lipinski definition) is 4.